The molecule has 7 heteroatoms. The molecule has 2 heterocycles. The van der Waals surface area contributed by atoms with E-state index in [0.29, 0.717) is 33.2 Å². The van der Waals surface area contributed by atoms with Crippen LogP contribution in [0, 0.1) is 6.92 Å². The summed E-state index contributed by atoms with van der Waals surface area (Å²) in [7, 11) is 0. The second kappa shape index (κ2) is 17.6. The summed E-state index contributed by atoms with van der Waals surface area (Å²) in [5.74, 6) is -0.354. The van der Waals surface area contributed by atoms with Gasteiger partial charge in [-0.25, -0.2) is 9.97 Å². The molecule has 0 saturated carbocycles. The number of carbonyl (C=O) groups excluding carboxylic acids is 2. The van der Waals surface area contributed by atoms with Crippen molar-refractivity contribution in [1.29, 1.82) is 0 Å². The number of pyridine rings is 2. The highest BCUT2D eigenvalue weighted by atomic mass is 79.9. The number of fused-ring (bicyclic) bond motifs is 2. The van der Waals surface area contributed by atoms with Gasteiger partial charge in [0.05, 0.1) is 45.6 Å². The van der Waals surface area contributed by atoms with Gasteiger partial charge in [0.1, 0.15) is 0 Å². The number of halogens is 1. The van der Waals surface area contributed by atoms with Crippen molar-refractivity contribution in [3.8, 4) is 33.6 Å². The molecule has 8 rings (SSSR count). The smallest absolute Gasteiger partial charge is 0.252 e. The fourth-order valence-electron chi connectivity index (χ4n) is 8.23. The number of para-hydroxylation sites is 1. The van der Waals surface area contributed by atoms with Gasteiger partial charge >= 0.3 is 0 Å². The summed E-state index contributed by atoms with van der Waals surface area (Å²) in [6, 6.07) is 51.8. The summed E-state index contributed by atoms with van der Waals surface area (Å²) >= 11 is 3.76. The summed E-state index contributed by atoms with van der Waals surface area (Å²) < 4.78 is 0. The average molecular weight is 838 g/mol. The number of nitrogens with one attached hydrogen (secondary N) is 2. The number of nitrogens with zero attached hydrogens (tertiary/aromatic N) is 2. The quantitative estimate of drug-likeness (QED) is 0.120. The Kier molecular flexibility index (Phi) is 11.7. The molecule has 8 aromatic rings. The van der Waals surface area contributed by atoms with Gasteiger partial charge < -0.3 is 10.6 Å². The molecule has 292 valence electrons. The van der Waals surface area contributed by atoms with E-state index in [4.69, 9.17) is 9.97 Å². The lowest BCUT2D eigenvalue weighted by Crippen LogP contribution is -2.29. The second-order valence-electron chi connectivity index (χ2n) is 14.7. The van der Waals surface area contributed by atoms with E-state index in [2.05, 4.69) is 52.5 Å². The lowest BCUT2D eigenvalue weighted by Gasteiger charge is -2.23. The van der Waals surface area contributed by atoms with Crippen LogP contribution in [0.4, 0.5) is 0 Å². The maximum atomic E-state index is 15.0. The number of hydrogen-bond acceptors (Lipinski definition) is 4. The van der Waals surface area contributed by atoms with E-state index in [0.717, 1.165) is 73.8 Å². The third-order valence-corrected chi connectivity index (χ3v) is 11.7. The van der Waals surface area contributed by atoms with Gasteiger partial charge in [0.2, 0.25) is 0 Å². The van der Waals surface area contributed by atoms with Crippen LogP contribution in [-0.2, 0) is 5.33 Å². The zero-order valence-corrected chi connectivity index (χ0v) is 35.0. The summed E-state index contributed by atoms with van der Waals surface area (Å²) in [6.45, 7) is 6.15. The Morgan fingerprint density at radius 3 is 1.59 bits per heavy atom. The van der Waals surface area contributed by atoms with Crippen LogP contribution in [0.3, 0.4) is 0 Å². The molecule has 0 radical (unpaired) electrons. The molecule has 0 aliphatic rings. The molecular formula is C52H45BrN4O2. The van der Waals surface area contributed by atoms with Crippen molar-refractivity contribution >= 4 is 49.6 Å². The summed E-state index contributed by atoms with van der Waals surface area (Å²) in [5.41, 5.74) is 11.0. The number of benzene rings is 6. The van der Waals surface area contributed by atoms with Crippen LogP contribution < -0.4 is 10.6 Å². The number of rotatable bonds is 12. The van der Waals surface area contributed by atoms with Gasteiger partial charge in [0.15, 0.2) is 0 Å². The van der Waals surface area contributed by atoms with Crippen molar-refractivity contribution in [1.82, 2.24) is 20.6 Å². The zero-order chi connectivity index (χ0) is 40.9. The molecule has 2 amide bonds. The molecule has 0 unspecified atom stereocenters. The minimum atomic E-state index is -0.196. The van der Waals surface area contributed by atoms with E-state index in [-0.39, 0.29) is 23.9 Å². The summed E-state index contributed by atoms with van der Waals surface area (Å²) in [4.78, 5) is 40.4. The van der Waals surface area contributed by atoms with Gasteiger partial charge in [0.25, 0.3) is 11.8 Å². The van der Waals surface area contributed by atoms with Crippen LogP contribution in [0.2, 0.25) is 0 Å². The average Bonchev–Trinajstić information content (AvgIpc) is 3.29. The van der Waals surface area contributed by atoms with E-state index in [9.17, 15) is 9.59 Å². The first kappa shape index (κ1) is 39.4. The predicted octanol–water partition coefficient (Wildman–Crippen LogP) is 12.7. The first-order valence-electron chi connectivity index (χ1n) is 20.2. The SMILES string of the molecule is CC[C@H](NC(=O)c1c(CBr)c(-c2ccccc2)nc2c(-c3cccc4nc(-c5ccccc5)c(C)c(C(=O)N[C@@H](CC)c5ccccc5)c34)cccc12)c1ccccc1. The maximum absolute atomic E-state index is 15.0. The molecule has 59 heavy (non-hydrogen) atoms. The number of aromatic nitrogens is 2. The van der Waals surface area contributed by atoms with Crippen molar-refractivity contribution in [3.63, 3.8) is 0 Å². The standard InChI is InChI=1S/C52H45BrN4O2/c1-4-42(34-20-10-6-11-21-34)55-51(58)45-33(3)48(36-24-14-8-15-25-36)54-44-31-19-28-38(47(44)45)39-29-18-30-40-46(52(59)56-43(5-2)35-22-12-7-13-23-35)41(32-53)49(57-50(39)40)37-26-16-9-17-27-37/h6-31,42-43H,4-5,32H2,1-3H3,(H,55,58)(H,56,59)/t42-,43-/m0/s1. The molecule has 2 N–H and O–H groups in total. The Bertz CT molecular complexity index is 2780. The van der Waals surface area contributed by atoms with Crippen molar-refractivity contribution in [2.24, 2.45) is 0 Å². The fraction of sp³-hybridized carbons (Fsp3) is 0.154. The fourth-order valence-corrected chi connectivity index (χ4v) is 8.78. The van der Waals surface area contributed by atoms with Crippen molar-refractivity contribution < 1.29 is 9.59 Å². The van der Waals surface area contributed by atoms with Crippen LogP contribution in [0.15, 0.2) is 158 Å². The predicted molar refractivity (Wildman–Crippen MR) is 245 cm³/mol. The topological polar surface area (TPSA) is 84.0 Å². The molecule has 0 spiro atoms. The third-order valence-electron chi connectivity index (χ3n) is 11.2. The molecule has 2 aromatic heterocycles. The van der Waals surface area contributed by atoms with E-state index in [1.54, 1.807) is 0 Å². The molecule has 0 aliphatic heterocycles. The van der Waals surface area contributed by atoms with Gasteiger partial charge in [-0.1, -0.05) is 181 Å². The van der Waals surface area contributed by atoms with Crippen LogP contribution in [-0.4, -0.2) is 21.8 Å². The van der Waals surface area contributed by atoms with Gasteiger partial charge in [0, 0.05) is 38.4 Å². The molecule has 2 atom stereocenters. The van der Waals surface area contributed by atoms with Gasteiger partial charge in [-0.2, -0.15) is 0 Å². The number of carbonyl (C=O) groups is 2. The highest BCUT2D eigenvalue weighted by Gasteiger charge is 2.28. The molecule has 0 fully saturated rings. The molecule has 6 nitrogen and oxygen atoms in total. The van der Waals surface area contributed by atoms with Gasteiger partial charge in [-0.05, 0) is 48.1 Å². The Morgan fingerprint density at radius 2 is 1.05 bits per heavy atom. The van der Waals surface area contributed by atoms with E-state index in [1.807, 2.05) is 153 Å². The largest absolute Gasteiger partial charge is 0.345 e. The van der Waals surface area contributed by atoms with Crippen LogP contribution >= 0.6 is 15.9 Å². The monoisotopic (exact) mass is 836 g/mol. The number of amides is 2. The van der Waals surface area contributed by atoms with Crippen molar-refractivity contribution in [3.05, 3.63) is 191 Å². The Morgan fingerprint density at radius 1 is 0.559 bits per heavy atom. The molecule has 0 bridgehead atoms. The highest BCUT2D eigenvalue weighted by molar-refractivity contribution is 9.08. The van der Waals surface area contributed by atoms with Crippen LogP contribution in [0.25, 0.3) is 55.4 Å². The Labute approximate surface area is 353 Å². The van der Waals surface area contributed by atoms with Crippen molar-refractivity contribution in [2.45, 2.75) is 51.0 Å². The lowest BCUT2D eigenvalue weighted by atomic mass is 9.89. The Balaban J connectivity index is 1.39. The zero-order valence-electron chi connectivity index (χ0n) is 33.4. The lowest BCUT2D eigenvalue weighted by molar-refractivity contribution is 0.0928. The van der Waals surface area contributed by atoms with Crippen LogP contribution in [0.1, 0.15) is 81.7 Å². The molecule has 6 aromatic carbocycles. The molecule has 0 aliphatic carbocycles. The third kappa shape index (κ3) is 7.78. The van der Waals surface area contributed by atoms with Crippen molar-refractivity contribution in [2.75, 3.05) is 0 Å². The normalized spacial score (nSPS) is 12.3. The molecular weight excluding hydrogens is 793 g/mol. The van der Waals surface area contributed by atoms with E-state index in [1.165, 1.54) is 0 Å². The van der Waals surface area contributed by atoms with Gasteiger partial charge in [-0.15, -0.1) is 0 Å². The van der Waals surface area contributed by atoms with E-state index >= 15 is 0 Å². The highest BCUT2D eigenvalue weighted by Crippen LogP contribution is 2.41. The minimum absolute atomic E-state index is 0.175. The first-order chi connectivity index (χ1) is 28.9. The second-order valence-corrected chi connectivity index (χ2v) is 15.3. The summed E-state index contributed by atoms with van der Waals surface area (Å²) in [6.07, 6.45) is 1.44. The minimum Gasteiger partial charge on any atom is -0.345 e. The van der Waals surface area contributed by atoms with Crippen LogP contribution in [0.5, 0.6) is 0 Å². The van der Waals surface area contributed by atoms with E-state index < -0.39 is 0 Å². The molecule has 0 saturated heterocycles. The Hall–Kier alpha value is -6.44. The summed E-state index contributed by atoms with van der Waals surface area (Å²) in [5, 5.41) is 8.63. The number of hydrogen-bond donors (Lipinski definition) is 2. The first-order valence-corrected chi connectivity index (χ1v) is 21.3. The maximum Gasteiger partial charge on any atom is 0.252 e. The van der Waals surface area contributed by atoms with Gasteiger partial charge in [-0.3, -0.25) is 9.59 Å². The number of alkyl halides is 1.